The summed E-state index contributed by atoms with van der Waals surface area (Å²) >= 11 is 11.2. The summed E-state index contributed by atoms with van der Waals surface area (Å²) in [6, 6.07) is 14.0. The third-order valence-electron chi connectivity index (χ3n) is 2.66. The molecule has 3 N–H and O–H groups in total. The number of rotatable bonds is 4. The fourth-order valence-electron chi connectivity index (χ4n) is 1.69. The molecule has 0 heterocycles. The van der Waals surface area contributed by atoms with Gasteiger partial charge in [0.2, 0.25) is 0 Å². The van der Waals surface area contributed by atoms with Crippen molar-refractivity contribution >= 4 is 52.9 Å². The van der Waals surface area contributed by atoms with Crippen LogP contribution in [0.4, 0.5) is 15.9 Å². The maximum absolute atomic E-state index is 12.1. The lowest BCUT2D eigenvalue weighted by Gasteiger charge is -2.13. The number of thiocarbonyl (C=S) groups is 1. The summed E-state index contributed by atoms with van der Waals surface area (Å²) in [7, 11) is -1.74. The third-order valence-corrected chi connectivity index (χ3v) is 3.28. The number of nitrogens with one attached hydrogen (secondary N) is 2. The summed E-state index contributed by atoms with van der Waals surface area (Å²) in [5.74, 6) is 0. The van der Waals surface area contributed by atoms with Crippen LogP contribution in [0, 0.1) is 0 Å². The van der Waals surface area contributed by atoms with Gasteiger partial charge in [-0.15, -0.1) is 0 Å². The fourth-order valence-corrected chi connectivity index (χ4v) is 2.19. The van der Waals surface area contributed by atoms with E-state index in [1.165, 1.54) is 6.07 Å². The largest absolute Gasteiger partial charge is 0.531 e. The molecule has 0 fully saturated rings. The lowest BCUT2D eigenvalue weighted by Crippen LogP contribution is -2.33. The van der Waals surface area contributed by atoms with E-state index in [1.54, 1.807) is 12.1 Å². The molecule has 108 valence electrons. The molecule has 0 aromatic heterocycles. The quantitative estimate of drug-likeness (QED) is 0.596. The summed E-state index contributed by atoms with van der Waals surface area (Å²) in [4.78, 5) is 3.37. The van der Waals surface area contributed by atoms with E-state index >= 15 is 0 Å². The zero-order valence-corrected chi connectivity index (χ0v) is 12.3. The Bertz CT molecular complexity index is 633. The van der Waals surface area contributed by atoms with Crippen molar-refractivity contribution in [2.75, 3.05) is 10.6 Å². The van der Waals surface area contributed by atoms with E-state index in [9.17, 15) is 9.55 Å². The topological polar surface area (TPSA) is 53.5 Å². The molecule has 0 radical (unpaired) electrons. The van der Waals surface area contributed by atoms with Gasteiger partial charge in [-0.3, -0.25) is 0 Å². The minimum Gasteiger partial charge on any atom is -0.421 e. The Hall–Kier alpha value is -1.67. The Morgan fingerprint density at radius 3 is 2.52 bits per heavy atom. The van der Waals surface area contributed by atoms with E-state index in [4.69, 9.17) is 23.8 Å². The van der Waals surface area contributed by atoms with Gasteiger partial charge in [0.1, 0.15) is 0 Å². The number of halogens is 2. The van der Waals surface area contributed by atoms with Crippen LogP contribution in [0.25, 0.3) is 0 Å². The van der Waals surface area contributed by atoms with Crippen molar-refractivity contribution in [1.29, 1.82) is 0 Å². The maximum atomic E-state index is 12.1. The van der Waals surface area contributed by atoms with E-state index in [-0.39, 0.29) is 10.5 Å². The van der Waals surface area contributed by atoms with Gasteiger partial charge in [-0.05, 0) is 30.4 Å². The van der Waals surface area contributed by atoms with E-state index in [2.05, 4.69) is 15.5 Å². The summed E-state index contributed by atoms with van der Waals surface area (Å²) in [6.45, 7) is 0. The maximum Gasteiger partial charge on any atom is 0.531 e. The molecule has 0 atom stereocenters. The highest BCUT2D eigenvalue weighted by Crippen LogP contribution is 2.20. The van der Waals surface area contributed by atoms with Gasteiger partial charge >= 0.3 is 7.12 Å². The van der Waals surface area contributed by atoms with Gasteiger partial charge < -0.3 is 15.7 Å². The Labute approximate surface area is 131 Å². The van der Waals surface area contributed by atoms with Gasteiger partial charge in [0.25, 0.3) is 0 Å². The minimum atomic E-state index is -1.74. The molecular weight excluding hydrogens is 313 g/mol. The monoisotopic (exact) mass is 324 g/mol. The molecule has 0 saturated heterocycles. The average molecular weight is 325 g/mol. The van der Waals surface area contributed by atoms with E-state index in [0.717, 1.165) is 5.69 Å². The molecule has 2 aromatic carbocycles. The zero-order chi connectivity index (χ0) is 15.2. The Kier molecular flexibility index (Phi) is 5.52. The van der Waals surface area contributed by atoms with Crippen molar-refractivity contribution < 1.29 is 14.4 Å². The molecule has 8 heteroatoms. The van der Waals surface area contributed by atoms with Crippen molar-refractivity contribution in [3.8, 4) is 0 Å². The van der Waals surface area contributed by atoms with Crippen molar-refractivity contribution in [3.05, 3.63) is 53.6 Å². The molecule has 0 bridgehead atoms. The Morgan fingerprint density at radius 2 is 1.86 bits per heavy atom. The van der Waals surface area contributed by atoms with Gasteiger partial charge in [-0.2, -0.15) is 0 Å². The second-order valence-electron chi connectivity index (χ2n) is 4.10. The number of para-hydroxylation sites is 1. The number of hydrogen-bond acceptors (Lipinski definition) is 3. The highest BCUT2D eigenvalue weighted by molar-refractivity contribution is 7.80. The first-order chi connectivity index (χ1) is 10.1. The van der Waals surface area contributed by atoms with Crippen LogP contribution < -0.4 is 16.1 Å². The van der Waals surface area contributed by atoms with Crippen LogP contribution in [0.3, 0.4) is 0 Å². The summed E-state index contributed by atoms with van der Waals surface area (Å²) < 4.78 is 12.1. The third kappa shape index (κ3) is 4.15. The van der Waals surface area contributed by atoms with E-state index in [1.807, 2.05) is 30.3 Å². The lowest BCUT2D eigenvalue weighted by atomic mass is 9.80. The predicted octanol–water partition coefficient (Wildman–Crippen LogP) is 2.74. The normalized spacial score (nSPS) is 10.0. The zero-order valence-electron chi connectivity index (χ0n) is 10.7. The van der Waals surface area contributed by atoms with Gasteiger partial charge in [-0.1, -0.05) is 46.5 Å². The number of anilines is 2. The molecule has 0 aliphatic rings. The van der Waals surface area contributed by atoms with Crippen LogP contribution in [0.5, 0.6) is 0 Å². The SMILES string of the molecule is OB(OF)c1cccc(NC(=S)Nc2ccccc2)c1Cl. The van der Waals surface area contributed by atoms with E-state index in [0.29, 0.717) is 10.8 Å². The van der Waals surface area contributed by atoms with Gasteiger partial charge in [0.15, 0.2) is 5.11 Å². The van der Waals surface area contributed by atoms with Gasteiger partial charge in [0.05, 0.1) is 10.7 Å². The first kappa shape index (κ1) is 15.7. The summed E-state index contributed by atoms with van der Waals surface area (Å²) in [5, 5.41) is 15.6. The molecule has 0 unspecified atom stereocenters. The van der Waals surface area contributed by atoms with Crippen molar-refractivity contribution in [3.63, 3.8) is 0 Å². The second kappa shape index (κ2) is 7.37. The molecule has 4 nitrogen and oxygen atoms in total. The Balaban J connectivity index is 2.11. The average Bonchev–Trinajstić information content (AvgIpc) is 2.49. The van der Waals surface area contributed by atoms with Crippen LogP contribution in [-0.2, 0) is 4.86 Å². The smallest absolute Gasteiger partial charge is 0.421 e. The number of benzene rings is 2. The minimum absolute atomic E-state index is 0.103. The summed E-state index contributed by atoms with van der Waals surface area (Å²) in [5.41, 5.74) is 1.35. The van der Waals surface area contributed by atoms with Crippen molar-refractivity contribution in [2.24, 2.45) is 0 Å². The van der Waals surface area contributed by atoms with Crippen LogP contribution in [-0.4, -0.2) is 17.3 Å². The van der Waals surface area contributed by atoms with Crippen molar-refractivity contribution in [2.45, 2.75) is 0 Å². The highest BCUT2D eigenvalue weighted by Gasteiger charge is 2.22. The van der Waals surface area contributed by atoms with Crippen LogP contribution in [0.2, 0.25) is 5.02 Å². The second-order valence-corrected chi connectivity index (χ2v) is 4.88. The molecule has 2 rings (SSSR count). The predicted molar refractivity (Wildman–Crippen MR) is 87.5 cm³/mol. The first-order valence-corrected chi connectivity index (χ1v) is 6.77. The molecule has 0 saturated carbocycles. The van der Waals surface area contributed by atoms with Crippen LogP contribution >= 0.6 is 23.8 Å². The molecule has 0 aliphatic heterocycles. The summed E-state index contributed by atoms with van der Waals surface area (Å²) in [6.07, 6.45) is 0. The number of hydrogen-bond donors (Lipinski definition) is 3. The van der Waals surface area contributed by atoms with Crippen molar-refractivity contribution in [1.82, 2.24) is 0 Å². The first-order valence-electron chi connectivity index (χ1n) is 5.98. The standard InChI is InChI=1S/C13H11BClFN2O2S/c15-12-10(14(19)20-16)7-4-8-11(12)18-13(21)17-9-5-2-1-3-6-9/h1-8,19H,(H2,17,18,21). The molecule has 0 aliphatic carbocycles. The molecule has 2 aromatic rings. The van der Waals surface area contributed by atoms with Gasteiger partial charge in [0, 0.05) is 11.2 Å². The molecule has 21 heavy (non-hydrogen) atoms. The highest BCUT2D eigenvalue weighted by atomic mass is 35.5. The van der Waals surface area contributed by atoms with Crippen LogP contribution in [0.15, 0.2) is 48.5 Å². The lowest BCUT2D eigenvalue weighted by molar-refractivity contribution is -0.0267. The molecule has 0 spiro atoms. The Morgan fingerprint density at radius 1 is 1.14 bits per heavy atom. The molecule has 0 amide bonds. The van der Waals surface area contributed by atoms with Crippen LogP contribution in [0.1, 0.15) is 0 Å². The van der Waals surface area contributed by atoms with E-state index < -0.39 is 7.12 Å². The molecular formula is C13H11BClFN2O2S. The van der Waals surface area contributed by atoms with Gasteiger partial charge in [-0.25, -0.2) is 4.86 Å². The fraction of sp³-hybridized carbons (Fsp3) is 0.